The third-order valence-electron chi connectivity index (χ3n) is 2.64. The molecule has 1 nitrogen and oxygen atoms in total. The molecule has 0 N–H and O–H groups in total. The summed E-state index contributed by atoms with van der Waals surface area (Å²) in [5.41, 5.74) is 0.744. The van der Waals surface area contributed by atoms with E-state index in [1.807, 2.05) is 36.4 Å². The molecule has 0 saturated heterocycles. The lowest BCUT2D eigenvalue weighted by Gasteiger charge is -2.08. The molecule has 2 aromatic carbocycles. The lowest BCUT2D eigenvalue weighted by atomic mass is 10.1. The fourth-order valence-electron chi connectivity index (χ4n) is 1.71. The second kappa shape index (κ2) is 6.55. The molecule has 0 bridgehead atoms. The van der Waals surface area contributed by atoms with E-state index < -0.39 is 0 Å². The lowest BCUT2D eigenvalue weighted by Crippen LogP contribution is -2.00. The molecular weight excluding hydrogens is 295 g/mol. The van der Waals surface area contributed by atoms with E-state index in [0.717, 1.165) is 22.2 Å². The maximum Gasteiger partial charge on any atom is 0.133 e. The number of para-hydroxylation sites is 1. The van der Waals surface area contributed by atoms with Gasteiger partial charge in [0.25, 0.3) is 0 Å². The van der Waals surface area contributed by atoms with Crippen molar-refractivity contribution in [3.8, 4) is 5.75 Å². The molecule has 94 valence electrons. The molecule has 2 rings (SSSR count). The minimum absolute atomic E-state index is 0.140. The van der Waals surface area contributed by atoms with Crippen LogP contribution in [0, 0.1) is 5.82 Å². The third kappa shape index (κ3) is 3.57. The summed E-state index contributed by atoms with van der Waals surface area (Å²) >= 11 is 3.42. The number of hydrogen-bond acceptors (Lipinski definition) is 1. The van der Waals surface area contributed by atoms with Crippen LogP contribution in [0.2, 0.25) is 0 Å². The van der Waals surface area contributed by atoms with Crippen molar-refractivity contribution in [1.29, 1.82) is 0 Å². The van der Waals surface area contributed by atoms with Gasteiger partial charge >= 0.3 is 0 Å². The van der Waals surface area contributed by atoms with Crippen molar-refractivity contribution >= 4 is 15.9 Å². The molecular formula is C15H14BrFO. The molecule has 0 radical (unpaired) electrons. The first-order valence-electron chi connectivity index (χ1n) is 5.88. The van der Waals surface area contributed by atoms with Gasteiger partial charge in [-0.2, -0.15) is 0 Å². The third-order valence-corrected chi connectivity index (χ3v) is 3.30. The lowest BCUT2D eigenvalue weighted by molar-refractivity contribution is 0.308. The van der Waals surface area contributed by atoms with Crippen molar-refractivity contribution in [2.24, 2.45) is 0 Å². The largest absolute Gasteiger partial charge is 0.492 e. The average molecular weight is 309 g/mol. The molecule has 0 amide bonds. The molecule has 0 aliphatic rings. The van der Waals surface area contributed by atoms with Crippen LogP contribution in [0.3, 0.4) is 0 Å². The number of hydrogen-bond donors (Lipinski definition) is 0. The van der Waals surface area contributed by atoms with Gasteiger partial charge in [0.15, 0.2) is 0 Å². The van der Waals surface area contributed by atoms with E-state index in [0.29, 0.717) is 13.0 Å². The van der Waals surface area contributed by atoms with Gasteiger partial charge in [-0.1, -0.05) is 30.3 Å². The quantitative estimate of drug-likeness (QED) is 0.734. The van der Waals surface area contributed by atoms with Crippen molar-refractivity contribution in [1.82, 2.24) is 0 Å². The van der Waals surface area contributed by atoms with Crippen molar-refractivity contribution in [3.63, 3.8) is 0 Å². The van der Waals surface area contributed by atoms with Crippen LogP contribution in [0.25, 0.3) is 0 Å². The summed E-state index contributed by atoms with van der Waals surface area (Å²) in [6.45, 7) is 0.580. The summed E-state index contributed by atoms with van der Waals surface area (Å²) in [5.74, 6) is 0.685. The van der Waals surface area contributed by atoms with E-state index in [4.69, 9.17) is 4.74 Å². The van der Waals surface area contributed by atoms with E-state index in [9.17, 15) is 4.39 Å². The van der Waals surface area contributed by atoms with Crippen LogP contribution in [-0.4, -0.2) is 6.61 Å². The predicted molar refractivity (Wildman–Crippen MR) is 74.4 cm³/mol. The zero-order valence-electron chi connectivity index (χ0n) is 9.90. The Balaban J connectivity index is 1.80. The summed E-state index contributed by atoms with van der Waals surface area (Å²) in [7, 11) is 0. The van der Waals surface area contributed by atoms with Gasteiger partial charge in [-0.15, -0.1) is 0 Å². The van der Waals surface area contributed by atoms with Gasteiger partial charge in [0.1, 0.15) is 11.6 Å². The number of halogens is 2. The molecule has 0 atom stereocenters. The van der Waals surface area contributed by atoms with E-state index in [1.165, 1.54) is 6.07 Å². The van der Waals surface area contributed by atoms with E-state index in [2.05, 4.69) is 15.9 Å². The van der Waals surface area contributed by atoms with Crippen LogP contribution in [0.15, 0.2) is 53.0 Å². The first-order chi connectivity index (χ1) is 8.77. The first-order valence-corrected chi connectivity index (χ1v) is 6.67. The summed E-state index contributed by atoms with van der Waals surface area (Å²) in [5, 5.41) is 0. The molecule has 0 aliphatic carbocycles. The van der Waals surface area contributed by atoms with Crippen LogP contribution in [0.1, 0.15) is 12.0 Å². The van der Waals surface area contributed by atoms with Gasteiger partial charge < -0.3 is 4.74 Å². The Morgan fingerprint density at radius 2 is 1.72 bits per heavy atom. The molecule has 0 aromatic heterocycles. The van der Waals surface area contributed by atoms with Crippen LogP contribution in [-0.2, 0) is 6.42 Å². The van der Waals surface area contributed by atoms with Crippen molar-refractivity contribution in [3.05, 3.63) is 64.4 Å². The predicted octanol–water partition coefficient (Wildman–Crippen LogP) is 4.60. The SMILES string of the molecule is Fc1ccccc1CCCOc1ccccc1Br. The molecule has 0 fully saturated rings. The normalized spacial score (nSPS) is 10.3. The van der Waals surface area contributed by atoms with Gasteiger partial charge in [0.05, 0.1) is 11.1 Å². The van der Waals surface area contributed by atoms with Gasteiger partial charge in [0.2, 0.25) is 0 Å². The van der Waals surface area contributed by atoms with Crippen molar-refractivity contribution in [2.75, 3.05) is 6.61 Å². The molecule has 0 heterocycles. The van der Waals surface area contributed by atoms with Gasteiger partial charge in [-0.05, 0) is 52.5 Å². The fourth-order valence-corrected chi connectivity index (χ4v) is 2.11. The molecule has 2 aromatic rings. The molecule has 0 spiro atoms. The molecule has 0 unspecified atom stereocenters. The summed E-state index contributed by atoms with van der Waals surface area (Å²) in [4.78, 5) is 0. The molecule has 0 saturated carbocycles. The molecule has 3 heteroatoms. The topological polar surface area (TPSA) is 9.23 Å². The van der Waals surface area contributed by atoms with E-state index in [1.54, 1.807) is 6.07 Å². The monoisotopic (exact) mass is 308 g/mol. The van der Waals surface area contributed by atoms with Crippen LogP contribution in [0.5, 0.6) is 5.75 Å². The highest BCUT2D eigenvalue weighted by Crippen LogP contribution is 2.23. The Morgan fingerprint density at radius 1 is 1.00 bits per heavy atom. The maximum atomic E-state index is 13.4. The van der Waals surface area contributed by atoms with Crippen LogP contribution in [0.4, 0.5) is 4.39 Å². The van der Waals surface area contributed by atoms with E-state index >= 15 is 0 Å². The first kappa shape index (κ1) is 13.1. The van der Waals surface area contributed by atoms with Crippen LogP contribution < -0.4 is 4.74 Å². The molecule has 0 aliphatic heterocycles. The zero-order valence-corrected chi connectivity index (χ0v) is 11.5. The second-order valence-corrected chi connectivity index (χ2v) is 4.83. The average Bonchev–Trinajstić information content (AvgIpc) is 2.38. The smallest absolute Gasteiger partial charge is 0.133 e. The standard InChI is InChI=1S/C15H14BrFO/c16-13-8-2-4-10-15(13)18-11-5-7-12-6-1-3-9-14(12)17/h1-4,6,8-10H,5,7,11H2. The Kier molecular flexibility index (Phi) is 4.76. The maximum absolute atomic E-state index is 13.4. The Hall–Kier alpha value is -1.35. The highest BCUT2D eigenvalue weighted by molar-refractivity contribution is 9.10. The summed E-state index contributed by atoms with van der Waals surface area (Å²) < 4.78 is 19.9. The minimum Gasteiger partial charge on any atom is -0.492 e. The van der Waals surface area contributed by atoms with Crippen molar-refractivity contribution < 1.29 is 9.13 Å². The Bertz CT molecular complexity index is 466. The number of rotatable bonds is 5. The number of benzene rings is 2. The van der Waals surface area contributed by atoms with Crippen LogP contribution >= 0.6 is 15.9 Å². The van der Waals surface area contributed by atoms with Crippen molar-refractivity contribution in [2.45, 2.75) is 12.8 Å². The summed E-state index contributed by atoms with van der Waals surface area (Å²) in [6, 6.07) is 14.6. The summed E-state index contributed by atoms with van der Waals surface area (Å²) in [6.07, 6.45) is 1.49. The van der Waals surface area contributed by atoms with Gasteiger partial charge in [-0.3, -0.25) is 0 Å². The zero-order chi connectivity index (χ0) is 12.8. The highest BCUT2D eigenvalue weighted by atomic mass is 79.9. The van der Waals surface area contributed by atoms with Gasteiger partial charge in [-0.25, -0.2) is 4.39 Å². The number of aryl methyl sites for hydroxylation is 1. The number of ether oxygens (including phenoxy) is 1. The Morgan fingerprint density at radius 3 is 2.50 bits per heavy atom. The fraction of sp³-hybridized carbons (Fsp3) is 0.200. The Labute approximate surface area is 115 Å². The minimum atomic E-state index is -0.140. The van der Waals surface area contributed by atoms with E-state index in [-0.39, 0.29) is 5.82 Å². The molecule has 18 heavy (non-hydrogen) atoms. The highest BCUT2D eigenvalue weighted by Gasteiger charge is 2.02. The van der Waals surface area contributed by atoms with Gasteiger partial charge in [0, 0.05) is 0 Å². The second-order valence-electron chi connectivity index (χ2n) is 3.97.